The normalized spacial score (nSPS) is 25.1. The number of carbonyl (C=O) groups excluding carboxylic acids is 2. The van der Waals surface area contributed by atoms with Crippen LogP contribution in [0, 0.1) is 0 Å². The van der Waals surface area contributed by atoms with Crippen molar-refractivity contribution in [1.29, 1.82) is 0 Å². The molecule has 2 amide bonds. The van der Waals surface area contributed by atoms with Crippen molar-refractivity contribution in [2.45, 2.75) is 56.9 Å². The van der Waals surface area contributed by atoms with Gasteiger partial charge in [-0.05, 0) is 67.6 Å². The number of hydrogen-bond donors (Lipinski definition) is 1. The van der Waals surface area contributed by atoms with E-state index in [9.17, 15) is 9.59 Å². The lowest BCUT2D eigenvalue weighted by Crippen LogP contribution is -2.70. The highest BCUT2D eigenvalue weighted by Gasteiger charge is 2.60. The molecule has 2 aliphatic rings. The van der Waals surface area contributed by atoms with Crippen molar-refractivity contribution in [3.8, 4) is 0 Å². The molecular weight excluding hydrogens is 557 g/mol. The van der Waals surface area contributed by atoms with Gasteiger partial charge in [-0.2, -0.15) is 0 Å². The van der Waals surface area contributed by atoms with Crippen LogP contribution in [0.25, 0.3) is 0 Å². The van der Waals surface area contributed by atoms with Crippen molar-refractivity contribution in [2.75, 3.05) is 26.2 Å². The minimum atomic E-state index is -1.19. The van der Waals surface area contributed by atoms with Gasteiger partial charge in [0.05, 0.1) is 16.6 Å². The van der Waals surface area contributed by atoms with Crippen molar-refractivity contribution in [2.24, 2.45) is 0 Å². The van der Waals surface area contributed by atoms with Crippen LogP contribution in [0.4, 0.5) is 0 Å². The molecule has 2 saturated heterocycles. The van der Waals surface area contributed by atoms with Crippen LogP contribution in [0.1, 0.15) is 61.0 Å². The summed E-state index contributed by atoms with van der Waals surface area (Å²) in [6.45, 7) is 6.05. The number of nitrogens with one attached hydrogen (secondary N) is 1. The van der Waals surface area contributed by atoms with Crippen molar-refractivity contribution in [3.05, 3.63) is 106 Å². The van der Waals surface area contributed by atoms with Crippen molar-refractivity contribution >= 4 is 35.0 Å². The molecule has 0 spiro atoms. The minimum absolute atomic E-state index is 0.0842. The zero-order valence-electron chi connectivity index (χ0n) is 23.6. The van der Waals surface area contributed by atoms with Gasteiger partial charge in [-0.3, -0.25) is 14.5 Å². The first-order valence-corrected chi connectivity index (χ1v) is 15.1. The summed E-state index contributed by atoms with van der Waals surface area (Å²) in [4.78, 5) is 31.2. The molecule has 3 atom stereocenters. The van der Waals surface area contributed by atoms with Gasteiger partial charge < -0.3 is 15.0 Å². The van der Waals surface area contributed by atoms with E-state index < -0.39 is 11.1 Å². The molecule has 41 heavy (non-hydrogen) atoms. The van der Waals surface area contributed by atoms with E-state index in [1.165, 1.54) is 6.92 Å². The molecule has 2 fully saturated rings. The molecule has 0 aromatic heterocycles. The highest BCUT2D eigenvalue weighted by molar-refractivity contribution is 6.42. The number of halogens is 2. The van der Waals surface area contributed by atoms with Gasteiger partial charge in [0, 0.05) is 25.6 Å². The zero-order valence-corrected chi connectivity index (χ0v) is 25.1. The second-order valence-corrected chi connectivity index (χ2v) is 11.8. The lowest BCUT2D eigenvalue weighted by Gasteiger charge is -2.58. The van der Waals surface area contributed by atoms with Crippen molar-refractivity contribution in [3.63, 3.8) is 0 Å². The molecule has 3 unspecified atom stereocenters. The minimum Gasteiger partial charge on any atom is -0.347 e. The molecule has 2 aliphatic heterocycles. The number of piperidine rings is 2. The van der Waals surface area contributed by atoms with Crippen LogP contribution >= 0.6 is 23.2 Å². The third-order valence-electron chi connectivity index (χ3n) is 8.51. The number of likely N-dealkylation sites (tertiary alicyclic amines) is 2. The Morgan fingerprint density at radius 3 is 2.29 bits per heavy atom. The predicted molar refractivity (Wildman–Crippen MR) is 163 cm³/mol. The van der Waals surface area contributed by atoms with E-state index in [-0.39, 0.29) is 24.6 Å². The zero-order chi connectivity index (χ0) is 29.0. The van der Waals surface area contributed by atoms with E-state index in [0.29, 0.717) is 28.6 Å². The fraction of sp³-hybridized carbons (Fsp3) is 0.394. The first-order chi connectivity index (χ1) is 19.8. The van der Waals surface area contributed by atoms with E-state index in [4.69, 9.17) is 27.9 Å². The Hall–Kier alpha value is -2.90. The quantitative estimate of drug-likeness (QED) is 0.334. The van der Waals surface area contributed by atoms with Gasteiger partial charge in [-0.15, -0.1) is 0 Å². The monoisotopic (exact) mass is 593 g/mol. The average Bonchev–Trinajstić information content (AvgIpc) is 3.00. The third-order valence-corrected chi connectivity index (χ3v) is 9.25. The number of ether oxygens (including phenoxy) is 1. The molecular formula is C33H37Cl2N3O3. The molecule has 3 aromatic rings. The number of amides is 2. The second-order valence-electron chi connectivity index (χ2n) is 10.9. The van der Waals surface area contributed by atoms with E-state index in [1.807, 2.05) is 77.7 Å². The van der Waals surface area contributed by atoms with Crippen LogP contribution in [0.5, 0.6) is 0 Å². The SMILES string of the molecule is CCN1CCCCC1OC1(c2ccc(Cl)c(Cl)c2)CN(C(=O)c2ccccc2)CCC1(NC(C)=O)c1ccccc1. The molecule has 5 rings (SSSR count). The summed E-state index contributed by atoms with van der Waals surface area (Å²) in [6, 6.07) is 24.8. The molecule has 6 nitrogen and oxygen atoms in total. The Kier molecular flexibility index (Phi) is 9.05. The molecule has 2 heterocycles. The first kappa shape index (κ1) is 29.6. The third kappa shape index (κ3) is 5.76. The standard InChI is InChI=1S/C33H37Cl2N3O3/c1-3-37-20-11-10-16-30(37)41-33(27-17-18-28(34)29(35)22-27)23-38(31(40)25-12-6-4-7-13-25)21-19-32(33,36-24(2)39)26-14-8-5-9-15-26/h4-9,12-15,17-18,22,30H,3,10-11,16,19-21,23H2,1-2H3,(H,36,39). The summed E-state index contributed by atoms with van der Waals surface area (Å²) in [7, 11) is 0. The maximum Gasteiger partial charge on any atom is 0.253 e. The van der Waals surface area contributed by atoms with Gasteiger partial charge in [-0.1, -0.05) is 84.7 Å². The maximum absolute atomic E-state index is 13.9. The molecule has 3 aromatic carbocycles. The van der Waals surface area contributed by atoms with Gasteiger partial charge in [0.15, 0.2) is 0 Å². The van der Waals surface area contributed by atoms with Gasteiger partial charge in [-0.25, -0.2) is 0 Å². The molecule has 216 valence electrons. The molecule has 1 N–H and O–H groups in total. The molecule has 0 bridgehead atoms. The fourth-order valence-corrected chi connectivity index (χ4v) is 6.84. The van der Waals surface area contributed by atoms with Crippen LogP contribution in [0.3, 0.4) is 0 Å². The largest absolute Gasteiger partial charge is 0.347 e. The van der Waals surface area contributed by atoms with Crippen LogP contribution in [-0.2, 0) is 20.7 Å². The van der Waals surface area contributed by atoms with Gasteiger partial charge >= 0.3 is 0 Å². The van der Waals surface area contributed by atoms with Crippen molar-refractivity contribution < 1.29 is 14.3 Å². The lowest BCUT2D eigenvalue weighted by molar-refractivity contribution is -0.227. The predicted octanol–water partition coefficient (Wildman–Crippen LogP) is 6.61. The molecule has 0 aliphatic carbocycles. The van der Waals surface area contributed by atoms with E-state index >= 15 is 0 Å². The van der Waals surface area contributed by atoms with Gasteiger partial charge in [0.2, 0.25) is 5.91 Å². The fourth-order valence-electron chi connectivity index (χ4n) is 6.54. The number of hydrogen-bond acceptors (Lipinski definition) is 4. The maximum atomic E-state index is 13.9. The van der Waals surface area contributed by atoms with Crippen LogP contribution in [-0.4, -0.2) is 54.0 Å². The molecule has 0 saturated carbocycles. The van der Waals surface area contributed by atoms with Gasteiger partial charge in [0.1, 0.15) is 17.4 Å². The van der Waals surface area contributed by atoms with Crippen LogP contribution < -0.4 is 5.32 Å². The Morgan fingerprint density at radius 1 is 0.927 bits per heavy atom. The first-order valence-electron chi connectivity index (χ1n) is 14.4. The topological polar surface area (TPSA) is 61.9 Å². The molecule has 8 heteroatoms. The van der Waals surface area contributed by atoms with Crippen molar-refractivity contribution in [1.82, 2.24) is 15.1 Å². The number of rotatable bonds is 7. The Bertz CT molecular complexity index is 1370. The Morgan fingerprint density at radius 2 is 1.63 bits per heavy atom. The summed E-state index contributed by atoms with van der Waals surface area (Å²) in [5.74, 6) is -0.264. The molecule has 0 radical (unpaired) electrons. The smallest absolute Gasteiger partial charge is 0.253 e. The van der Waals surface area contributed by atoms with Crippen LogP contribution in [0.2, 0.25) is 10.0 Å². The number of carbonyl (C=O) groups is 2. The lowest BCUT2D eigenvalue weighted by atomic mass is 9.65. The average molecular weight is 595 g/mol. The number of benzene rings is 3. The van der Waals surface area contributed by atoms with E-state index in [1.54, 1.807) is 6.07 Å². The Balaban J connectivity index is 1.76. The van der Waals surface area contributed by atoms with Gasteiger partial charge in [0.25, 0.3) is 5.91 Å². The summed E-state index contributed by atoms with van der Waals surface area (Å²) in [5.41, 5.74) is 0.0901. The summed E-state index contributed by atoms with van der Waals surface area (Å²) in [6.07, 6.45) is 3.19. The summed E-state index contributed by atoms with van der Waals surface area (Å²) >= 11 is 13.1. The van der Waals surface area contributed by atoms with E-state index in [2.05, 4.69) is 17.1 Å². The second kappa shape index (κ2) is 12.5. The number of nitrogens with zero attached hydrogens (tertiary/aromatic N) is 2. The van der Waals surface area contributed by atoms with Crippen LogP contribution in [0.15, 0.2) is 78.9 Å². The highest BCUT2D eigenvalue weighted by Crippen LogP contribution is 2.51. The Labute approximate surface area is 252 Å². The summed E-state index contributed by atoms with van der Waals surface area (Å²) in [5, 5.41) is 4.18. The summed E-state index contributed by atoms with van der Waals surface area (Å²) < 4.78 is 7.41. The highest BCUT2D eigenvalue weighted by atomic mass is 35.5. The van der Waals surface area contributed by atoms with E-state index in [0.717, 1.165) is 43.5 Å².